The summed E-state index contributed by atoms with van der Waals surface area (Å²) >= 11 is 7.83. The van der Waals surface area contributed by atoms with Crippen molar-refractivity contribution in [2.75, 3.05) is 7.11 Å². The minimum absolute atomic E-state index is 0.00223. The molecule has 0 radical (unpaired) electrons. The average Bonchev–Trinajstić information content (AvgIpc) is 2.41. The molecule has 0 fully saturated rings. The molecule has 1 N–H and O–H groups in total. The molecule has 106 valence electrons. The first-order valence-corrected chi connectivity index (χ1v) is 7.31. The molecule has 4 nitrogen and oxygen atoms in total. The van der Waals surface area contributed by atoms with Crippen molar-refractivity contribution < 1.29 is 9.84 Å². The third-order valence-corrected chi connectivity index (χ3v) is 4.25. The maximum atomic E-state index is 12.2. The van der Waals surface area contributed by atoms with Gasteiger partial charge in [-0.05, 0) is 47.7 Å². The molecule has 0 saturated heterocycles. The Morgan fingerprint density at radius 3 is 2.75 bits per heavy atom. The van der Waals surface area contributed by atoms with Crippen LogP contribution in [0.1, 0.15) is 11.3 Å². The van der Waals surface area contributed by atoms with Gasteiger partial charge >= 0.3 is 0 Å². The van der Waals surface area contributed by atoms with Crippen molar-refractivity contribution in [2.24, 2.45) is 0 Å². The van der Waals surface area contributed by atoms with Crippen molar-refractivity contribution in [3.05, 3.63) is 54.5 Å². The van der Waals surface area contributed by atoms with E-state index in [-0.39, 0.29) is 11.3 Å². The maximum absolute atomic E-state index is 12.2. The largest absolute Gasteiger partial charge is 0.507 e. The van der Waals surface area contributed by atoms with Crippen LogP contribution in [0.15, 0.2) is 29.1 Å². The third-order valence-electron chi connectivity index (χ3n) is 3.00. The zero-order valence-corrected chi connectivity index (χ0v) is 13.9. The van der Waals surface area contributed by atoms with E-state index in [1.807, 2.05) is 22.6 Å². The molecule has 6 heteroatoms. The Morgan fingerprint density at radius 1 is 1.40 bits per heavy atom. The van der Waals surface area contributed by atoms with E-state index in [4.69, 9.17) is 16.3 Å². The van der Waals surface area contributed by atoms with Gasteiger partial charge in [0.15, 0.2) is 0 Å². The molecule has 0 aliphatic carbocycles. The van der Waals surface area contributed by atoms with Crippen LogP contribution in [0, 0.1) is 10.5 Å². The van der Waals surface area contributed by atoms with Gasteiger partial charge in [-0.2, -0.15) is 0 Å². The molecule has 0 aliphatic heterocycles. The monoisotopic (exact) mass is 405 g/mol. The summed E-state index contributed by atoms with van der Waals surface area (Å²) in [5.74, 6) is 0.672. The second kappa shape index (κ2) is 6.05. The topological polar surface area (TPSA) is 51.5 Å². The van der Waals surface area contributed by atoms with E-state index < -0.39 is 0 Å². The number of methoxy groups -OCH3 is 1. The number of rotatable bonds is 3. The smallest absolute Gasteiger partial charge is 0.268 e. The van der Waals surface area contributed by atoms with Gasteiger partial charge in [-0.25, -0.2) is 0 Å². The van der Waals surface area contributed by atoms with Gasteiger partial charge in [0.1, 0.15) is 15.1 Å². The summed E-state index contributed by atoms with van der Waals surface area (Å²) in [5, 5.41) is 10.2. The SMILES string of the molecule is COc1ccc(Cl)cc1Cn1c(C)cc(O)c(I)c1=O. The van der Waals surface area contributed by atoms with Gasteiger partial charge in [-0.15, -0.1) is 0 Å². The first-order valence-electron chi connectivity index (χ1n) is 5.85. The molecule has 0 bridgehead atoms. The maximum Gasteiger partial charge on any atom is 0.268 e. The standard InChI is InChI=1S/C14H13ClINO3/c1-8-5-11(18)13(16)14(19)17(8)7-9-6-10(15)3-4-12(9)20-2/h3-6,18H,7H2,1-2H3. The summed E-state index contributed by atoms with van der Waals surface area (Å²) in [6, 6.07) is 6.84. The number of hydrogen-bond acceptors (Lipinski definition) is 3. The highest BCUT2D eigenvalue weighted by Gasteiger charge is 2.12. The van der Waals surface area contributed by atoms with Crippen LogP contribution in [0.5, 0.6) is 11.5 Å². The zero-order chi connectivity index (χ0) is 14.9. The van der Waals surface area contributed by atoms with E-state index in [1.165, 1.54) is 0 Å². The Morgan fingerprint density at radius 2 is 2.10 bits per heavy atom. The first kappa shape index (κ1) is 15.2. The molecule has 0 amide bonds. The highest BCUT2D eigenvalue weighted by Crippen LogP contribution is 2.24. The highest BCUT2D eigenvalue weighted by molar-refractivity contribution is 14.1. The lowest BCUT2D eigenvalue weighted by molar-refractivity contribution is 0.407. The van der Waals surface area contributed by atoms with Crippen molar-refractivity contribution >= 4 is 34.2 Å². The fourth-order valence-corrected chi connectivity index (χ4v) is 2.61. The second-order valence-electron chi connectivity index (χ2n) is 4.33. The fraction of sp³-hybridized carbons (Fsp3) is 0.214. The average molecular weight is 406 g/mol. The Bertz CT molecular complexity index is 712. The van der Waals surface area contributed by atoms with E-state index in [1.54, 1.807) is 42.9 Å². The van der Waals surface area contributed by atoms with Crippen molar-refractivity contribution in [1.29, 1.82) is 0 Å². The van der Waals surface area contributed by atoms with Gasteiger partial charge in [-0.1, -0.05) is 11.6 Å². The molecule has 20 heavy (non-hydrogen) atoms. The van der Waals surface area contributed by atoms with Gasteiger partial charge in [0, 0.05) is 22.3 Å². The lowest BCUT2D eigenvalue weighted by Gasteiger charge is -2.14. The normalized spacial score (nSPS) is 10.6. The lowest BCUT2D eigenvalue weighted by atomic mass is 10.2. The number of halogens is 2. The van der Waals surface area contributed by atoms with E-state index in [9.17, 15) is 9.90 Å². The molecular formula is C14H13ClINO3. The van der Waals surface area contributed by atoms with Gasteiger partial charge in [0.2, 0.25) is 0 Å². The molecule has 0 unspecified atom stereocenters. The highest BCUT2D eigenvalue weighted by atomic mass is 127. The van der Waals surface area contributed by atoms with Crippen LogP contribution in [0.4, 0.5) is 0 Å². The van der Waals surface area contributed by atoms with Gasteiger partial charge < -0.3 is 14.4 Å². The van der Waals surface area contributed by atoms with Crippen molar-refractivity contribution in [2.45, 2.75) is 13.5 Å². The second-order valence-corrected chi connectivity index (χ2v) is 5.85. The summed E-state index contributed by atoms with van der Waals surface area (Å²) in [7, 11) is 1.57. The third kappa shape index (κ3) is 2.93. The van der Waals surface area contributed by atoms with Crippen LogP contribution in [0.2, 0.25) is 5.02 Å². The molecule has 0 atom stereocenters. The van der Waals surface area contributed by atoms with Gasteiger partial charge in [0.25, 0.3) is 5.56 Å². The molecular weight excluding hydrogens is 393 g/mol. The Labute approximate surface area is 135 Å². The van der Waals surface area contributed by atoms with Crippen LogP contribution in [0.25, 0.3) is 0 Å². The van der Waals surface area contributed by atoms with Crippen LogP contribution < -0.4 is 10.3 Å². The van der Waals surface area contributed by atoms with Crippen molar-refractivity contribution in [3.63, 3.8) is 0 Å². The van der Waals surface area contributed by atoms with E-state index in [0.717, 1.165) is 5.56 Å². The molecule has 1 heterocycles. The van der Waals surface area contributed by atoms with E-state index >= 15 is 0 Å². The number of hydrogen-bond donors (Lipinski definition) is 1. The number of ether oxygens (including phenoxy) is 1. The summed E-state index contributed by atoms with van der Waals surface area (Å²) in [6.07, 6.45) is 0. The molecule has 1 aromatic carbocycles. The fourth-order valence-electron chi connectivity index (χ4n) is 1.96. The van der Waals surface area contributed by atoms with Crippen LogP contribution in [0.3, 0.4) is 0 Å². The van der Waals surface area contributed by atoms with E-state index in [0.29, 0.717) is 26.6 Å². The molecule has 1 aromatic heterocycles. The van der Waals surface area contributed by atoms with E-state index in [2.05, 4.69) is 0 Å². The molecule has 0 saturated carbocycles. The van der Waals surface area contributed by atoms with Crippen LogP contribution in [-0.2, 0) is 6.54 Å². The zero-order valence-electron chi connectivity index (χ0n) is 11.0. The first-order chi connectivity index (χ1) is 9.43. The molecule has 2 rings (SSSR count). The van der Waals surface area contributed by atoms with Crippen LogP contribution in [-0.4, -0.2) is 16.8 Å². The summed E-state index contributed by atoms with van der Waals surface area (Å²) in [4.78, 5) is 12.2. The number of benzene rings is 1. The number of nitrogens with zero attached hydrogens (tertiary/aromatic N) is 1. The molecule has 2 aromatic rings. The van der Waals surface area contributed by atoms with Crippen LogP contribution >= 0.6 is 34.2 Å². The summed E-state index contributed by atoms with van der Waals surface area (Å²) in [5.41, 5.74) is 1.26. The Hall–Kier alpha value is -1.21. The minimum Gasteiger partial charge on any atom is -0.507 e. The lowest BCUT2D eigenvalue weighted by Crippen LogP contribution is -2.25. The Kier molecular flexibility index (Phi) is 4.59. The number of aromatic nitrogens is 1. The summed E-state index contributed by atoms with van der Waals surface area (Å²) in [6.45, 7) is 2.11. The van der Waals surface area contributed by atoms with Crippen molar-refractivity contribution in [1.82, 2.24) is 4.57 Å². The number of aryl methyl sites for hydroxylation is 1. The number of aromatic hydroxyl groups is 1. The van der Waals surface area contributed by atoms with Gasteiger partial charge in [0.05, 0.1) is 13.7 Å². The van der Waals surface area contributed by atoms with Gasteiger partial charge in [-0.3, -0.25) is 4.79 Å². The molecule has 0 spiro atoms. The molecule has 0 aliphatic rings. The quantitative estimate of drug-likeness (QED) is 0.798. The Balaban J connectivity index is 2.53. The summed E-state index contributed by atoms with van der Waals surface area (Å²) < 4.78 is 7.16. The number of pyridine rings is 1. The predicted molar refractivity (Wildman–Crippen MR) is 86.9 cm³/mol. The van der Waals surface area contributed by atoms with Crippen molar-refractivity contribution in [3.8, 4) is 11.5 Å². The predicted octanol–water partition coefficient (Wildman–Crippen LogP) is 3.18. The minimum atomic E-state index is -0.231.